The Morgan fingerprint density at radius 2 is 1.85 bits per heavy atom. The van der Waals surface area contributed by atoms with Crippen LogP contribution in [0.1, 0.15) is 31.4 Å². The minimum atomic E-state index is 0.205. The van der Waals surface area contributed by atoms with E-state index in [2.05, 4.69) is 0 Å². The fraction of sp³-hybridized carbons (Fsp3) is 0.455. The molecular weight excluding hydrogens is 164 g/mol. The Morgan fingerprint density at radius 1 is 1.15 bits per heavy atom. The Morgan fingerprint density at radius 3 is 2.38 bits per heavy atom. The van der Waals surface area contributed by atoms with E-state index in [-0.39, 0.29) is 11.5 Å². The molecule has 0 saturated carbocycles. The molecule has 0 saturated heterocycles. The van der Waals surface area contributed by atoms with Crippen molar-refractivity contribution in [2.45, 2.75) is 33.1 Å². The number of aryl methyl sites for hydroxylation is 1. The van der Waals surface area contributed by atoms with E-state index in [1.54, 1.807) is 12.1 Å². The van der Waals surface area contributed by atoms with Crippen LogP contribution in [0.3, 0.4) is 0 Å². The van der Waals surface area contributed by atoms with Gasteiger partial charge in [0.1, 0.15) is 11.5 Å². The lowest BCUT2D eigenvalue weighted by molar-refractivity contribution is 0.433. The van der Waals surface area contributed by atoms with Gasteiger partial charge in [0.25, 0.3) is 0 Å². The van der Waals surface area contributed by atoms with Gasteiger partial charge in [-0.2, -0.15) is 0 Å². The standard InChI is InChI=1S/C11H16O2/c1-3-5-9-10(12)7-6-8(4-2)11(9)13/h6-7,12-13H,3-5H2,1-2H3. The number of benzene rings is 1. The highest BCUT2D eigenvalue weighted by Gasteiger charge is 2.09. The fourth-order valence-electron chi connectivity index (χ4n) is 1.46. The van der Waals surface area contributed by atoms with Crippen molar-refractivity contribution in [3.63, 3.8) is 0 Å². The van der Waals surface area contributed by atoms with Gasteiger partial charge in [-0.25, -0.2) is 0 Å². The van der Waals surface area contributed by atoms with Crippen LogP contribution in [0, 0.1) is 0 Å². The summed E-state index contributed by atoms with van der Waals surface area (Å²) >= 11 is 0. The zero-order valence-electron chi connectivity index (χ0n) is 8.17. The van der Waals surface area contributed by atoms with E-state index in [0.29, 0.717) is 5.56 Å². The van der Waals surface area contributed by atoms with Crippen molar-refractivity contribution in [3.05, 3.63) is 23.3 Å². The minimum absolute atomic E-state index is 0.205. The van der Waals surface area contributed by atoms with Crippen molar-refractivity contribution in [1.82, 2.24) is 0 Å². The summed E-state index contributed by atoms with van der Waals surface area (Å²) in [6.45, 7) is 4.01. The van der Waals surface area contributed by atoms with E-state index in [1.807, 2.05) is 13.8 Å². The Balaban J connectivity index is 3.13. The molecule has 1 aromatic rings. The van der Waals surface area contributed by atoms with Crippen LogP contribution in [0.15, 0.2) is 12.1 Å². The van der Waals surface area contributed by atoms with Crippen LogP contribution < -0.4 is 0 Å². The molecule has 0 aromatic heterocycles. The Hall–Kier alpha value is -1.18. The molecule has 0 unspecified atom stereocenters. The second kappa shape index (κ2) is 4.17. The van der Waals surface area contributed by atoms with Crippen LogP contribution in [-0.2, 0) is 12.8 Å². The van der Waals surface area contributed by atoms with Crippen LogP contribution in [-0.4, -0.2) is 10.2 Å². The fourth-order valence-corrected chi connectivity index (χ4v) is 1.46. The number of phenols is 2. The molecule has 0 heterocycles. The molecule has 2 N–H and O–H groups in total. The van der Waals surface area contributed by atoms with Gasteiger partial charge in [0.05, 0.1) is 0 Å². The second-order valence-corrected chi connectivity index (χ2v) is 3.17. The lowest BCUT2D eigenvalue weighted by Crippen LogP contribution is -1.90. The lowest BCUT2D eigenvalue weighted by atomic mass is 10.0. The first-order chi connectivity index (χ1) is 6.20. The maximum atomic E-state index is 9.74. The van der Waals surface area contributed by atoms with Gasteiger partial charge < -0.3 is 10.2 Å². The monoisotopic (exact) mass is 180 g/mol. The second-order valence-electron chi connectivity index (χ2n) is 3.17. The highest BCUT2D eigenvalue weighted by atomic mass is 16.3. The Labute approximate surface area is 78.8 Å². The van der Waals surface area contributed by atoms with Gasteiger partial charge in [0.2, 0.25) is 0 Å². The zero-order chi connectivity index (χ0) is 9.84. The molecule has 72 valence electrons. The first-order valence-corrected chi connectivity index (χ1v) is 4.73. The van der Waals surface area contributed by atoms with Crippen molar-refractivity contribution < 1.29 is 10.2 Å². The van der Waals surface area contributed by atoms with Crippen molar-refractivity contribution in [1.29, 1.82) is 0 Å². The van der Waals surface area contributed by atoms with E-state index >= 15 is 0 Å². The highest BCUT2D eigenvalue weighted by molar-refractivity contribution is 5.48. The maximum absolute atomic E-state index is 9.74. The number of hydrogen-bond acceptors (Lipinski definition) is 2. The molecule has 0 aliphatic carbocycles. The molecular formula is C11H16O2. The largest absolute Gasteiger partial charge is 0.508 e. The molecule has 0 spiro atoms. The van der Waals surface area contributed by atoms with Gasteiger partial charge in [-0.05, 0) is 24.5 Å². The molecule has 1 rings (SSSR count). The SMILES string of the molecule is CCCc1c(O)ccc(CC)c1O. The third-order valence-corrected chi connectivity index (χ3v) is 2.22. The van der Waals surface area contributed by atoms with E-state index in [0.717, 1.165) is 24.8 Å². The van der Waals surface area contributed by atoms with Crippen LogP contribution in [0.4, 0.5) is 0 Å². The zero-order valence-corrected chi connectivity index (χ0v) is 8.17. The number of rotatable bonds is 3. The third kappa shape index (κ3) is 1.94. The Kier molecular flexibility index (Phi) is 3.18. The van der Waals surface area contributed by atoms with Gasteiger partial charge in [-0.3, -0.25) is 0 Å². The smallest absolute Gasteiger partial charge is 0.125 e. The third-order valence-electron chi connectivity index (χ3n) is 2.22. The van der Waals surface area contributed by atoms with Gasteiger partial charge >= 0.3 is 0 Å². The number of phenolic OH excluding ortho intramolecular Hbond substituents is 2. The van der Waals surface area contributed by atoms with Crippen LogP contribution >= 0.6 is 0 Å². The average molecular weight is 180 g/mol. The summed E-state index contributed by atoms with van der Waals surface area (Å²) in [7, 11) is 0. The first-order valence-electron chi connectivity index (χ1n) is 4.73. The van der Waals surface area contributed by atoms with Crippen LogP contribution in [0.2, 0.25) is 0 Å². The summed E-state index contributed by atoms with van der Waals surface area (Å²) in [6, 6.07) is 3.42. The van der Waals surface area contributed by atoms with Gasteiger partial charge in [-0.1, -0.05) is 26.3 Å². The summed E-state index contributed by atoms with van der Waals surface area (Å²) in [5.41, 5.74) is 1.59. The summed E-state index contributed by atoms with van der Waals surface area (Å²) in [5.74, 6) is 0.473. The average Bonchev–Trinajstić information content (AvgIpc) is 2.12. The van der Waals surface area contributed by atoms with Gasteiger partial charge in [-0.15, -0.1) is 0 Å². The maximum Gasteiger partial charge on any atom is 0.125 e. The normalized spacial score (nSPS) is 10.3. The van der Waals surface area contributed by atoms with E-state index in [1.165, 1.54) is 0 Å². The number of hydrogen-bond donors (Lipinski definition) is 2. The molecule has 0 radical (unpaired) electrons. The van der Waals surface area contributed by atoms with Crippen molar-refractivity contribution in [3.8, 4) is 11.5 Å². The van der Waals surface area contributed by atoms with Gasteiger partial charge in [0.15, 0.2) is 0 Å². The molecule has 1 aromatic carbocycles. The topological polar surface area (TPSA) is 40.5 Å². The van der Waals surface area contributed by atoms with Crippen molar-refractivity contribution in [2.24, 2.45) is 0 Å². The Bertz CT molecular complexity index is 292. The molecule has 2 heteroatoms. The predicted octanol–water partition coefficient (Wildman–Crippen LogP) is 2.61. The molecule has 0 atom stereocenters. The summed E-state index contributed by atoms with van der Waals surface area (Å²) in [6.07, 6.45) is 2.45. The minimum Gasteiger partial charge on any atom is -0.508 e. The molecule has 0 bridgehead atoms. The molecule has 0 fully saturated rings. The predicted molar refractivity (Wildman–Crippen MR) is 53.1 cm³/mol. The van der Waals surface area contributed by atoms with E-state index in [4.69, 9.17) is 0 Å². The highest BCUT2D eigenvalue weighted by Crippen LogP contribution is 2.31. The van der Waals surface area contributed by atoms with E-state index < -0.39 is 0 Å². The van der Waals surface area contributed by atoms with Gasteiger partial charge in [0, 0.05) is 5.56 Å². The van der Waals surface area contributed by atoms with Crippen LogP contribution in [0.25, 0.3) is 0 Å². The molecule has 13 heavy (non-hydrogen) atoms. The first kappa shape index (κ1) is 9.90. The summed E-state index contributed by atoms with van der Waals surface area (Å²) in [5, 5.41) is 19.2. The molecule has 0 aliphatic rings. The molecule has 0 aliphatic heterocycles. The lowest BCUT2D eigenvalue weighted by Gasteiger charge is -2.09. The van der Waals surface area contributed by atoms with Crippen LogP contribution in [0.5, 0.6) is 11.5 Å². The van der Waals surface area contributed by atoms with Crippen molar-refractivity contribution in [2.75, 3.05) is 0 Å². The summed E-state index contributed by atoms with van der Waals surface area (Å²) in [4.78, 5) is 0. The summed E-state index contributed by atoms with van der Waals surface area (Å²) < 4.78 is 0. The number of aromatic hydroxyl groups is 2. The quantitative estimate of drug-likeness (QED) is 0.750. The van der Waals surface area contributed by atoms with Crippen molar-refractivity contribution >= 4 is 0 Å². The molecule has 0 amide bonds. The van der Waals surface area contributed by atoms with E-state index in [9.17, 15) is 10.2 Å². The molecule has 2 nitrogen and oxygen atoms in total.